The zero-order valence-electron chi connectivity index (χ0n) is 18.2. The Bertz CT molecular complexity index is 375. The number of ether oxygens (including phenoxy) is 2. The van der Waals surface area contributed by atoms with Crippen molar-refractivity contribution >= 4 is 24.7 Å². The first-order chi connectivity index (χ1) is 13.2. The summed E-state index contributed by atoms with van der Waals surface area (Å²) < 4.78 is 17.9. The van der Waals surface area contributed by atoms with Crippen molar-refractivity contribution in [2.24, 2.45) is 0 Å². The van der Waals surface area contributed by atoms with Gasteiger partial charge in [0.25, 0.3) is 0 Å². The zero-order chi connectivity index (χ0) is 19.8. The second-order valence-corrected chi connectivity index (χ2v) is 22.4. The normalized spacial score (nSPS) is 20.9. The first-order valence-electron chi connectivity index (χ1n) is 11.6. The van der Waals surface area contributed by atoms with E-state index in [-0.39, 0.29) is 12.2 Å². The summed E-state index contributed by atoms with van der Waals surface area (Å²) in [4.78, 5) is 10.7. The number of carbonyl (C=O) groups excluding carboxylic acids is 1. The summed E-state index contributed by atoms with van der Waals surface area (Å²) in [6.07, 6.45) is 17.3. The molecule has 0 unspecified atom stereocenters. The van der Waals surface area contributed by atoms with Crippen LogP contribution in [0.25, 0.3) is 0 Å². The number of hydrogen-bond acceptors (Lipinski definition) is 3. The molecule has 1 aliphatic rings. The van der Waals surface area contributed by atoms with Gasteiger partial charge >= 0.3 is 173 Å². The van der Waals surface area contributed by atoms with Crippen LogP contribution in [-0.4, -0.2) is 43.5 Å². The van der Waals surface area contributed by atoms with Crippen LogP contribution >= 0.6 is 0 Å². The summed E-state index contributed by atoms with van der Waals surface area (Å²) in [5, 5.41) is 0. The van der Waals surface area contributed by atoms with Crippen LogP contribution in [0.2, 0.25) is 17.7 Å². The molecule has 0 spiro atoms. The molecular formula is C23H44O3Sn. The molecule has 0 N–H and O–H groups in total. The van der Waals surface area contributed by atoms with Crippen LogP contribution in [0.3, 0.4) is 0 Å². The van der Waals surface area contributed by atoms with Gasteiger partial charge in [-0.25, -0.2) is 0 Å². The van der Waals surface area contributed by atoms with Gasteiger partial charge in [-0.1, -0.05) is 0 Å². The van der Waals surface area contributed by atoms with E-state index in [0.717, 1.165) is 32.2 Å². The molecule has 158 valence electrons. The van der Waals surface area contributed by atoms with Gasteiger partial charge in [0.15, 0.2) is 0 Å². The van der Waals surface area contributed by atoms with Crippen molar-refractivity contribution < 1.29 is 14.3 Å². The number of aldehydes is 1. The van der Waals surface area contributed by atoms with Crippen molar-refractivity contribution in [1.82, 2.24) is 0 Å². The predicted molar refractivity (Wildman–Crippen MR) is 118 cm³/mol. The maximum absolute atomic E-state index is 10.7. The van der Waals surface area contributed by atoms with Crippen molar-refractivity contribution in [3.63, 3.8) is 0 Å². The van der Waals surface area contributed by atoms with Gasteiger partial charge in [0, 0.05) is 0 Å². The standard InChI is InChI=1S/C11H17O3.3C4H9.Sn/c1-2-8-13-11-6-4-9-14-10(11)5-3-7-12;3*1-3-4-2;/h2,7-8,10-11H,1,3-6,9H2;3*1,3-4H2,2H3;/b8-2-;;;;/t10-,11+;;;;/m1..../s1. The third kappa shape index (κ3) is 10.3. The summed E-state index contributed by atoms with van der Waals surface area (Å²) in [5.41, 5.74) is 0. The molecule has 1 rings (SSSR count). The molecule has 3 nitrogen and oxygen atoms in total. The Balaban J connectivity index is 2.62. The summed E-state index contributed by atoms with van der Waals surface area (Å²) in [6.45, 7) is 7.80. The minimum atomic E-state index is -2.08. The molecule has 1 heterocycles. The average Bonchev–Trinajstić information content (AvgIpc) is 2.71. The van der Waals surface area contributed by atoms with Crippen molar-refractivity contribution in [3.8, 4) is 0 Å². The molecule has 0 amide bonds. The number of carbonyl (C=O) groups is 1. The van der Waals surface area contributed by atoms with E-state index in [0.29, 0.717) is 6.42 Å². The molecule has 0 aromatic carbocycles. The van der Waals surface area contributed by atoms with Crippen molar-refractivity contribution in [3.05, 3.63) is 12.3 Å². The first kappa shape index (κ1) is 25.0. The van der Waals surface area contributed by atoms with Crippen LogP contribution in [0, 0.1) is 0 Å². The number of allylic oxidation sites excluding steroid dienone is 1. The third-order valence-electron chi connectivity index (χ3n) is 6.03. The molecule has 0 aromatic heterocycles. The van der Waals surface area contributed by atoms with E-state index < -0.39 is 18.4 Å². The van der Waals surface area contributed by atoms with Gasteiger partial charge in [-0.15, -0.1) is 0 Å². The second kappa shape index (κ2) is 15.8. The van der Waals surface area contributed by atoms with E-state index in [1.165, 1.54) is 43.0 Å². The van der Waals surface area contributed by atoms with Crippen molar-refractivity contribution in [2.75, 3.05) is 6.61 Å². The Morgan fingerprint density at radius 3 is 2.22 bits per heavy atom. The summed E-state index contributed by atoms with van der Waals surface area (Å²) in [5.74, 6) is 0. The Kier molecular flexibility index (Phi) is 14.7. The van der Waals surface area contributed by atoms with Gasteiger partial charge in [0.1, 0.15) is 0 Å². The Hall–Kier alpha value is -0.0313. The van der Waals surface area contributed by atoms with Crippen LogP contribution in [0.1, 0.15) is 85.0 Å². The average molecular weight is 487 g/mol. The van der Waals surface area contributed by atoms with E-state index in [1.54, 1.807) is 13.3 Å². The minimum absolute atomic E-state index is 0.0853. The van der Waals surface area contributed by atoms with Gasteiger partial charge in [0.2, 0.25) is 0 Å². The molecule has 2 atom stereocenters. The molecule has 0 saturated carbocycles. The van der Waals surface area contributed by atoms with E-state index in [9.17, 15) is 4.79 Å². The quantitative estimate of drug-likeness (QED) is 0.135. The van der Waals surface area contributed by atoms with Gasteiger partial charge < -0.3 is 0 Å². The SMILES string of the molecule is CCC[CH2][Sn]([CH2]/C=C\O[C@H]1CCCO[C@@H]1CCC=O)([CH2]CCC)[CH2]CCC. The molecule has 27 heavy (non-hydrogen) atoms. The molecule has 0 radical (unpaired) electrons. The first-order valence-corrected chi connectivity index (χ1v) is 19.6. The molecular weight excluding hydrogens is 443 g/mol. The van der Waals surface area contributed by atoms with E-state index in [2.05, 4.69) is 26.8 Å². The van der Waals surface area contributed by atoms with E-state index in [4.69, 9.17) is 9.47 Å². The third-order valence-corrected chi connectivity index (χ3v) is 21.3. The Labute approximate surface area is 172 Å². The van der Waals surface area contributed by atoms with Crippen LogP contribution in [0.5, 0.6) is 0 Å². The fourth-order valence-corrected chi connectivity index (χ4v) is 19.3. The maximum atomic E-state index is 10.7. The molecule has 0 bridgehead atoms. The zero-order valence-corrected chi connectivity index (χ0v) is 21.1. The van der Waals surface area contributed by atoms with E-state index in [1.807, 2.05) is 6.26 Å². The van der Waals surface area contributed by atoms with Gasteiger partial charge in [-0.05, 0) is 0 Å². The van der Waals surface area contributed by atoms with Gasteiger partial charge in [-0.2, -0.15) is 0 Å². The Morgan fingerprint density at radius 1 is 1.04 bits per heavy atom. The van der Waals surface area contributed by atoms with Gasteiger partial charge in [-0.3, -0.25) is 0 Å². The molecule has 0 aromatic rings. The van der Waals surface area contributed by atoms with Crippen LogP contribution < -0.4 is 0 Å². The van der Waals surface area contributed by atoms with Crippen LogP contribution in [0.4, 0.5) is 0 Å². The van der Waals surface area contributed by atoms with Crippen molar-refractivity contribution in [2.45, 2.75) is 115 Å². The molecule has 1 fully saturated rings. The Morgan fingerprint density at radius 2 is 1.67 bits per heavy atom. The molecule has 1 saturated heterocycles. The number of hydrogen-bond donors (Lipinski definition) is 0. The van der Waals surface area contributed by atoms with Crippen LogP contribution in [0.15, 0.2) is 12.3 Å². The predicted octanol–water partition coefficient (Wildman–Crippen LogP) is 6.89. The topological polar surface area (TPSA) is 35.5 Å². The molecule has 4 heteroatoms. The fourth-order valence-electron chi connectivity index (χ4n) is 4.26. The van der Waals surface area contributed by atoms with Crippen LogP contribution in [-0.2, 0) is 14.3 Å². The number of rotatable bonds is 16. The number of unbranched alkanes of at least 4 members (excludes halogenated alkanes) is 3. The molecule has 1 aliphatic heterocycles. The fraction of sp³-hybridized carbons (Fsp3) is 0.870. The summed E-state index contributed by atoms with van der Waals surface area (Å²) >= 11 is -2.08. The van der Waals surface area contributed by atoms with Crippen molar-refractivity contribution in [1.29, 1.82) is 0 Å². The monoisotopic (exact) mass is 488 g/mol. The van der Waals surface area contributed by atoms with E-state index >= 15 is 0 Å². The molecule has 0 aliphatic carbocycles. The summed E-state index contributed by atoms with van der Waals surface area (Å²) in [7, 11) is 0. The summed E-state index contributed by atoms with van der Waals surface area (Å²) in [6, 6.07) is 0. The van der Waals surface area contributed by atoms with Gasteiger partial charge in [0.05, 0.1) is 0 Å². The second-order valence-electron chi connectivity index (χ2n) is 8.36.